The third kappa shape index (κ3) is 5.43. The lowest BCUT2D eigenvalue weighted by Gasteiger charge is -2.06. The number of carbonyl (C=O) groups excluding carboxylic acids is 2. The number of nitro groups is 1. The number of benzene rings is 1. The van der Waals surface area contributed by atoms with Crippen LogP contribution >= 0.6 is 0 Å². The van der Waals surface area contributed by atoms with Gasteiger partial charge in [0.15, 0.2) is 0 Å². The van der Waals surface area contributed by atoms with E-state index in [1.165, 1.54) is 0 Å². The zero-order valence-electron chi connectivity index (χ0n) is 11.1. The van der Waals surface area contributed by atoms with Crippen molar-refractivity contribution in [2.24, 2.45) is 0 Å². The molecule has 0 atom stereocenters. The Morgan fingerprint density at radius 2 is 2.14 bits per heavy atom. The highest BCUT2D eigenvalue weighted by Crippen LogP contribution is 2.24. The van der Waals surface area contributed by atoms with Crippen LogP contribution in [0.2, 0.25) is 0 Å². The summed E-state index contributed by atoms with van der Waals surface area (Å²) in [7, 11) is 0. The molecule has 1 aromatic rings. The third-order valence-corrected chi connectivity index (χ3v) is 2.29. The van der Waals surface area contributed by atoms with Gasteiger partial charge in [-0.25, -0.2) is 14.0 Å². The summed E-state index contributed by atoms with van der Waals surface area (Å²) in [5.41, 5.74) is -0.959. The molecule has 0 saturated heterocycles. The van der Waals surface area contributed by atoms with Crippen molar-refractivity contribution in [2.75, 3.05) is 11.9 Å². The normalized spacial score (nSPS) is 9.81. The van der Waals surface area contributed by atoms with E-state index in [0.717, 1.165) is 24.6 Å². The quantitative estimate of drug-likeness (QED) is 0.294. The molecule has 8 nitrogen and oxygen atoms in total. The number of anilines is 1. The first-order valence-electron chi connectivity index (χ1n) is 6.03. The molecule has 1 N–H and O–H groups in total. The van der Waals surface area contributed by atoms with Gasteiger partial charge >= 0.3 is 12.2 Å². The molecule has 0 fully saturated rings. The minimum Gasteiger partial charge on any atom is -0.434 e. The van der Waals surface area contributed by atoms with Crippen LogP contribution in [-0.4, -0.2) is 23.8 Å². The van der Waals surface area contributed by atoms with Gasteiger partial charge < -0.3 is 9.47 Å². The molecule has 0 bridgehead atoms. The van der Waals surface area contributed by atoms with Gasteiger partial charge in [0.2, 0.25) is 0 Å². The summed E-state index contributed by atoms with van der Waals surface area (Å²) in [6.45, 7) is 1.97. The molecular formula is C12H13FN2O6. The maximum Gasteiger partial charge on any atom is 0.517 e. The summed E-state index contributed by atoms with van der Waals surface area (Å²) in [5, 5.41) is 12.6. The Morgan fingerprint density at radius 1 is 1.43 bits per heavy atom. The number of nitrogens with zero attached hydrogens (tertiary/aromatic N) is 1. The van der Waals surface area contributed by atoms with E-state index >= 15 is 0 Å². The molecule has 21 heavy (non-hydrogen) atoms. The van der Waals surface area contributed by atoms with Crippen LogP contribution in [0, 0.1) is 15.9 Å². The third-order valence-electron chi connectivity index (χ3n) is 2.29. The average molecular weight is 300 g/mol. The van der Waals surface area contributed by atoms with Gasteiger partial charge in [0, 0.05) is 12.1 Å². The lowest BCUT2D eigenvalue weighted by Crippen LogP contribution is -2.20. The van der Waals surface area contributed by atoms with Crippen molar-refractivity contribution >= 4 is 23.6 Å². The van der Waals surface area contributed by atoms with Gasteiger partial charge in [0.25, 0.3) is 5.69 Å². The van der Waals surface area contributed by atoms with Gasteiger partial charge in [-0.1, -0.05) is 13.3 Å². The summed E-state index contributed by atoms with van der Waals surface area (Å²) >= 11 is 0. The number of ether oxygens (including phenoxy) is 2. The smallest absolute Gasteiger partial charge is 0.434 e. The van der Waals surface area contributed by atoms with Crippen molar-refractivity contribution in [2.45, 2.75) is 19.8 Å². The highest BCUT2D eigenvalue weighted by atomic mass is 19.1. The summed E-state index contributed by atoms with van der Waals surface area (Å²) in [4.78, 5) is 32.4. The Hall–Kier alpha value is -2.71. The van der Waals surface area contributed by atoms with Gasteiger partial charge in [-0.05, 0) is 12.5 Å². The van der Waals surface area contributed by atoms with Crippen molar-refractivity contribution in [3.8, 4) is 0 Å². The van der Waals surface area contributed by atoms with E-state index in [1.54, 1.807) is 0 Å². The van der Waals surface area contributed by atoms with Crippen molar-refractivity contribution in [3.05, 3.63) is 34.1 Å². The highest BCUT2D eigenvalue weighted by Gasteiger charge is 2.19. The number of hydrogen-bond donors (Lipinski definition) is 1. The van der Waals surface area contributed by atoms with Crippen LogP contribution in [0.15, 0.2) is 18.2 Å². The zero-order valence-corrected chi connectivity index (χ0v) is 11.1. The van der Waals surface area contributed by atoms with Crippen molar-refractivity contribution in [1.29, 1.82) is 0 Å². The van der Waals surface area contributed by atoms with Gasteiger partial charge in [0.1, 0.15) is 11.5 Å². The molecule has 9 heteroatoms. The SMILES string of the molecule is CCCCOC(=O)OC(=O)Nc1cc(F)ccc1[N+](=O)[O-]. The first-order valence-corrected chi connectivity index (χ1v) is 6.03. The number of halogens is 1. The predicted molar refractivity (Wildman–Crippen MR) is 69.4 cm³/mol. The molecule has 0 unspecified atom stereocenters. The zero-order chi connectivity index (χ0) is 15.8. The maximum absolute atomic E-state index is 13.0. The van der Waals surface area contributed by atoms with Crippen LogP contribution in [0.25, 0.3) is 0 Å². The molecule has 0 aliphatic carbocycles. The summed E-state index contributed by atoms with van der Waals surface area (Å²) < 4.78 is 21.8. The number of hydrogen-bond acceptors (Lipinski definition) is 6. The van der Waals surface area contributed by atoms with E-state index in [9.17, 15) is 24.1 Å². The Labute approximate surface area is 119 Å². The molecule has 0 aromatic heterocycles. The molecule has 0 spiro atoms. The van der Waals surface area contributed by atoms with Crippen LogP contribution in [0.3, 0.4) is 0 Å². The second-order valence-corrected chi connectivity index (χ2v) is 3.89. The van der Waals surface area contributed by atoms with E-state index in [0.29, 0.717) is 6.42 Å². The van der Waals surface area contributed by atoms with E-state index in [4.69, 9.17) is 0 Å². The summed E-state index contributed by atoms with van der Waals surface area (Å²) in [6, 6.07) is 2.49. The number of unbranched alkanes of at least 4 members (excludes halogenated alkanes) is 1. The lowest BCUT2D eigenvalue weighted by molar-refractivity contribution is -0.384. The Bertz CT molecular complexity index is 549. The Kier molecular flexibility index (Phi) is 6.05. The Balaban J connectivity index is 2.64. The van der Waals surface area contributed by atoms with E-state index in [2.05, 4.69) is 9.47 Å². The monoisotopic (exact) mass is 300 g/mol. The van der Waals surface area contributed by atoms with Gasteiger partial charge in [-0.2, -0.15) is 0 Å². The number of rotatable bonds is 5. The Morgan fingerprint density at radius 3 is 2.76 bits per heavy atom. The molecule has 0 aliphatic heterocycles. The molecule has 0 aliphatic rings. The average Bonchev–Trinajstić information content (AvgIpc) is 2.38. The number of amides is 1. The molecule has 1 rings (SSSR count). The standard InChI is InChI=1S/C12H13FN2O6/c1-2-3-6-20-12(17)21-11(16)14-9-7-8(13)4-5-10(9)15(18)19/h4-5,7H,2-3,6H2,1H3,(H,14,16). The fraction of sp³-hybridized carbons (Fsp3) is 0.333. The molecule has 114 valence electrons. The molecule has 1 aromatic carbocycles. The topological polar surface area (TPSA) is 108 Å². The minimum absolute atomic E-state index is 0.0860. The van der Waals surface area contributed by atoms with E-state index in [1.807, 2.05) is 12.2 Å². The first kappa shape index (κ1) is 16.3. The first-order chi connectivity index (χ1) is 9.93. The van der Waals surface area contributed by atoms with Crippen LogP contribution in [0.1, 0.15) is 19.8 Å². The van der Waals surface area contributed by atoms with Gasteiger partial charge in [-0.3, -0.25) is 15.4 Å². The fourth-order valence-electron chi connectivity index (χ4n) is 1.31. The largest absolute Gasteiger partial charge is 0.517 e. The van der Waals surface area contributed by atoms with Gasteiger partial charge in [-0.15, -0.1) is 0 Å². The van der Waals surface area contributed by atoms with Crippen LogP contribution in [-0.2, 0) is 9.47 Å². The number of nitro benzene ring substituents is 1. The van der Waals surface area contributed by atoms with Crippen LogP contribution < -0.4 is 5.32 Å². The number of nitrogens with one attached hydrogen (secondary N) is 1. The lowest BCUT2D eigenvalue weighted by atomic mass is 10.2. The molecular weight excluding hydrogens is 287 g/mol. The molecule has 1 amide bonds. The predicted octanol–water partition coefficient (Wildman–Crippen LogP) is 3.22. The van der Waals surface area contributed by atoms with Crippen LogP contribution in [0.4, 0.5) is 25.4 Å². The molecule has 0 saturated carbocycles. The van der Waals surface area contributed by atoms with Crippen LogP contribution in [0.5, 0.6) is 0 Å². The van der Waals surface area contributed by atoms with E-state index < -0.39 is 34.4 Å². The van der Waals surface area contributed by atoms with Crippen molar-refractivity contribution in [3.63, 3.8) is 0 Å². The van der Waals surface area contributed by atoms with E-state index in [-0.39, 0.29) is 6.61 Å². The second kappa shape index (κ2) is 7.78. The molecule has 0 radical (unpaired) electrons. The second-order valence-electron chi connectivity index (χ2n) is 3.89. The summed E-state index contributed by atoms with van der Waals surface area (Å²) in [5.74, 6) is -0.790. The fourth-order valence-corrected chi connectivity index (χ4v) is 1.31. The van der Waals surface area contributed by atoms with Crippen molar-refractivity contribution < 1.29 is 28.4 Å². The minimum atomic E-state index is -1.30. The highest BCUT2D eigenvalue weighted by molar-refractivity contribution is 5.93. The summed E-state index contributed by atoms with van der Waals surface area (Å²) in [6.07, 6.45) is -1.15. The maximum atomic E-state index is 13.0. The number of carbonyl (C=O) groups is 2. The van der Waals surface area contributed by atoms with Crippen molar-refractivity contribution in [1.82, 2.24) is 0 Å². The van der Waals surface area contributed by atoms with Gasteiger partial charge in [0.05, 0.1) is 11.5 Å². The molecule has 0 heterocycles.